The Balaban J connectivity index is 0.731. The minimum atomic E-state index is -0.460. The molecule has 2 aromatic heterocycles. The molecule has 6 aliphatic carbocycles. The molecule has 5 heteroatoms. The summed E-state index contributed by atoms with van der Waals surface area (Å²) in [6.45, 7) is 24.3. The van der Waals surface area contributed by atoms with Gasteiger partial charge in [0.15, 0.2) is 11.6 Å². The first-order valence-electron chi connectivity index (χ1n) is 48.5. The van der Waals surface area contributed by atoms with E-state index in [0.717, 1.165) is 71.2 Å². The van der Waals surface area contributed by atoms with E-state index < -0.39 is 5.41 Å². The summed E-state index contributed by atoms with van der Waals surface area (Å²) >= 11 is 0. The first kappa shape index (κ1) is 81.5. The number of aromatic nitrogens is 3. The van der Waals surface area contributed by atoms with Crippen LogP contribution in [0, 0.1) is 0 Å². The maximum absolute atomic E-state index is 7.22. The fraction of sp³-hybridized carbons (Fsp3) is 0.331. The average molecular weight is 1650 g/mol. The van der Waals surface area contributed by atoms with Crippen LogP contribution in [0.1, 0.15) is 290 Å². The second-order valence-electron chi connectivity index (χ2n) is 39.7. The Morgan fingerprint density at radius 3 is 1.31 bits per heavy atom. The molecule has 126 heavy (non-hydrogen) atoms. The molecule has 0 fully saturated rings. The van der Waals surface area contributed by atoms with Gasteiger partial charge in [0.2, 0.25) is 5.95 Å². The molecule has 0 N–H and O–H groups in total. The van der Waals surface area contributed by atoms with Crippen molar-refractivity contribution in [2.75, 3.05) is 4.90 Å². The lowest BCUT2D eigenvalue weighted by Gasteiger charge is -2.35. The first-order chi connectivity index (χ1) is 61.6. The molecule has 0 spiro atoms. The molecule has 0 saturated carbocycles. The predicted molar refractivity (Wildman–Crippen MR) is 530 cm³/mol. The molecular formula is C121H122N4O. The van der Waals surface area contributed by atoms with Gasteiger partial charge in [0.05, 0.1) is 0 Å². The third kappa shape index (κ3) is 13.2. The van der Waals surface area contributed by atoms with Crippen molar-refractivity contribution in [1.82, 2.24) is 15.0 Å². The van der Waals surface area contributed by atoms with Crippen LogP contribution in [0.25, 0.3) is 134 Å². The van der Waals surface area contributed by atoms with Gasteiger partial charge in [0.1, 0.15) is 11.2 Å². The number of fused-ring (bicyclic) bond motifs is 25. The minimum Gasteiger partial charge on any atom is -0.455 e. The number of hydrogen-bond acceptors (Lipinski definition) is 5. The van der Waals surface area contributed by atoms with Crippen molar-refractivity contribution in [3.05, 3.63) is 322 Å². The molecule has 21 rings (SSSR count). The molecule has 0 saturated heterocycles. The number of nitrogens with zero attached hydrogens (tertiary/aromatic N) is 4. The second-order valence-corrected chi connectivity index (χ2v) is 39.7. The van der Waals surface area contributed by atoms with Crippen molar-refractivity contribution in [2.24, 2.45) is 0 Å². The van der Waals surface area contributed by atoms with E-state index in [1.807, 2.05) is 0 Å². The molecule has 0 bridgehead atoms. The monoisotopic (exact) mass is 1650 g/mol. The van der Waals surface area contributed by atoms with Crippen molar-refractivity contribution in [3.63, 3.8) is 0 Å². The molecular weight excluding hydrogens is 1530 g/mol. The van der Waals surface area contributed by atoms with E-state index in [4.69, 9.17) is 19.4 Å². The predicted octanol–water partition coefficient (Wildman–Crippen LogP) is 34.4. The standard InChI is InChI=1S/C121H122N4O/c1-11-15-19-23-41-67-120(68-42-24-20-16-12-2)98-55-39-35-51-87(98)90-63-58-81(73-102(90)120)80-57-62-88-89-64-59-83(74-100(89)117(5,6)99(88)72-80)95-77-104-107(106-86-50-34-33-49-82(86)71-96(95)106)93-66-61-85(76-103(93)121(104,69-43-25-21-17-13-3)70-44-26-22-18-14-4)125(116-123-114(78-45-29-27-30-46-78)122-115(124-116)79-47-31-28-32-48-79)84-60-65-92-101(75-84)119(9,10)111-108(92)109-94-53-37-40-56-105(94)126-113(109)110-91-52-36-38-54-97(91)118(7,8)112(110)111/h27-40,45-66,72-77H,11-26,41-44,67-71H2,1-10H3. The summed E-state index contributed by atoms with van der Waals surface area (Å²) in [6.07, 6.45) is 30.4. The quantitative estimate of drug-likeness (QED) is 0.0405. The molecule has 2 heterocycles. The van der Waals surface area contributed by atoms with Crippen molar-refractivity contribution < 1.29 is 4.42 Å². The van der Waals surface area contributed by atoms with Crippen LogP contribution < -0.4 is 4.90 Å². The van der Waals surface area contributed by atoms with Crippen LogP contribution in [0.4, 0.5) is 17.3 Å². The number of unbranched alkanes of at least 4 members (excludes halogenated alkanes) is 16. The van der Waals surface area contributed by atoms with Gasteiger partial charge in [0.25, 0.3) is 0 Å². The summed E-state index contributed by atoms with van der Waals surface area (Å²) in [7, 11) is 0. The van der Waals surface area contributed by atoms with E-state index in [-0.39, 0.29) is 21.7 Å². The molecule has 6 aliphatic rings. The Hall–Kier alpha value is -11.5. The van der Waals surface area contributed by atoms with Gasteiger partial charge in [-0.05, 0) is 237 Å². The maximum Gasteiger partial charge on any atom is 0.238 e. The lowest BCUT2D eigenvalue weighted by atomic mass is 9.69. The number of para-hydroxylation sites is 1. The molecule has 0 atom stereocenters. The van der Waals surface area contributed by atoms with E-state index in [0.29, 0.717) is 17.6 Å². The lowest BCUT2D eigenvalue weighted by molar-refractivity contribution is 0.399. The molecule has 632 valence electrons. The zero-order valence-electron chi connectivity index (χ0n) is 76.1. The molecule has 0 aliphatic heterocycles. The van der Waals surface area contributed by atoms with E-state index in [1.54, 1.807) is 11.1 Å². The molecule has 0 radical (unpaired) electrons. The van der Waals surface area contributed by atoms with Crippen LogP contribution in [0.5, 0.6) is 0 Å². The molecule has 13 aromatic carbocycles. The van der Waals surface area contributed by atoms with E-state index in [1.165, 1.54) is 278 Å². The summed E-state index contributed by atoms with van der Waals surface area (Å²) in [5.41, 5.74) is 43.2. The Kier molecular flexibility index (Phi) is 21.2. The van der Waals surface area contributed by atoms with Gasteiger partial charge >= 0.3 is 0 Å². The molecule has 5 nitrogen and oxygen atoms in total. The lowest BCUT2D eigenvalue weighted by Crippen LogP contribution is -2.26. The highest BCUT2D eigenvalue weighted by Crippen LogP contribution is 2.67. The van der Waals surface area contributed by atoms with E-state index in [2.05, 4.69) is 329 Å². The SMILES string of the molecule is CCCCCCCC1(CCCCCCC)c2ccccc2-c2ccc(-c3ccc4c(c3)C(C)(C)c3cc(-c5cc6c(c7c5Cc5ccccc5-7)-c5ccc(N(c7ccc8c(c7)C(C)(C)c7c9c(c%10oc%11ccccc%11c%10c7-8)-c7ccccc7C9(C)C)c7nc(-c8ccccc8)nc(-c8ccccc8)n7)cc5C6(CCCCCCC)CCCCCCC)ccc3-4)cc21. The second kappa shape index (κ2) is 32.7. The van der Waals surface area contributed by atoms with Gasteiger partial charge in [-0.1, -0.05) is 398 Å². The highest BCUT2D eigenvalue weighted by Gasteiger charge is 2.51. The van der Waals surface area contributed by atoms with Gasteiger partial charge in [-0.2, -0.15) is 9.97 Å². The van der Waals surface area contributed by atoms with E-state index >= 15 is 0 Å². The van der Waals surface area contributed by atoms with Crippen molar-refractivity contribution in [3.8, 4) is 112 Å². The minimum absolute atomic E-state index is 0.0191. The summed E-state index contributed by atoms with van der Waals surface area (Å²) in [5.74, 6) is 1.84. The number of benzene rings is 13. The highest BCUT2D eigenvalue weighted by molar-refractivity contribution is 6.21. The van der Waals surface area contributed by atoms with Crippen LogP contribution in [0.3, 0.4) is 0 Å². The van der Waals surface area contributed by atoms with Gasteiger partial charge < -0.3 is 4.42 Å². The normalized spacial score (nSPS) is 15.2. The molecule has 0 amide bonds. The van der Waals surface area contributed by atoms with Crippen LogP contribution in [-0.4, -0.2) is 15.0 Å². The summed E-state index contributed by atoms with van der Waals surface area (Å²) in [4.78, 5) is 19.3. The van der Waals surface area contributed by atoms with Gasteiger partial charge in [-0.15, -0.1) is 0 Å². The van der Waals surface area contributed by atoms with Crippen molar-refractivity contribution in [1.29, 1.82) is 0 Å². The summed E-state index contributed by atoms with van der Waals surface area (Å²) in [5, 5.41) is 2.35. The fourth-order valence-corrected chi connectivity index (χ4v) is 24.8. The number of furan rings is 1. The molecule has 15 aromatic rings. The first-order valence-corrected chi connectivity index (χ1v) is 48.5. The topological polar surface area (TPSA) is 55.1 Å². The van der Waals surface area contributed by atoms with Gasteiger partial charge in [-0.25, -0.2) is 4.98 Å². The highest BCUT2D eigenvalue weighted by atomic mass is 16.3. The Labute approximate surface area is 748 Å². The van der Waals surface area contributed by atoms with E-state index in [9.17, 15) is 0 Å². The molecule has 0 unspecified atom stereocenters. The van der Waals surface area contributed by atoms with Crippen LogP contribution in [0.2, 0.25) is 0 Å². The fourth-order valence-electron chi connectivity index (χ4n) is 24.8. The van der Waals surface area contributed by atoms with Crippen LogP contribution in [-0.2, 0) is 33.5 Å². The smallest absolute Gasteiger partial charge is 0.238 e. The van der Waals surface area contributed by atoms with Gasteiger partial charge in [0, 0.05) is 65.9 Å². The summed E-state index contributed by atoms with van der Waals surface area (Å²) < 4.78 is 7.22. The zero-order valence-corrected chi connectivity index (χ0v) is 76.1. The number of anilines is 3. The maximum atomic E-state index is 7.22. The third-order valence-electron chi connectivity index (χ3n) is 31.1. The summed E-state index contributed by atoms with van der Waals surface area (Å²) in [6, 6.07) is 98.5. The largest absolute Gasteiger partial charge is 0.455 e. The average Bonchev–Trinajstić information content (AvgIpc) is 1.49. The third-order valence-corrected chi connectivity index (χ3v) is 31.1. The Morgan fingerprint density at radius 1 is 0.294 bits per heavy atom. The van der Waals surface area contributed by atoms with Gasteiger partial charge in [-0.3, -0.25) is 4.90 Å². The van der Waals surface area contributed by atoms with Crippen molar-refractivity contribution in [2.45, 2.75) is 257 Å². The van der Waals surface area contributed by atoms with Crippen LogP contribution in [0.15, 0.2) is 259 Å². The van der Waals surface area contributed by atoms with Crippen molar-refractivity contribution >= 4 is 39.3 Å². The van der Waals surface area contributed by atoms with Crippen LogP contribution >= 0.6 is 0 Å². The Morgan fingerprint density at radius 2 is 0.714 bits per heavy atom. The Bertz CT molecular complexity index is 6660. The zero-order chi connectivity index (χ0) is 85.8. The number of hydrogen-bond donors (Lipinski definition) is 0. The number of rotatable bonds is 31.